The first-order chi connectivity index (χ1) is 15.8. The van der Waals surface area contributed by atoms with Crippen LogP contribution in [0.5, 0.6) is 5.75 Å². The van der Waals surface area contributed by atoms with Gasteiger partial charge in [-0.3, -0.25) is 9.69 Å². The summed E-state index contributed by atoms with van der Waals surface area (Å²) < 4.78 is 6.58. The van der Waals surface area contributed by atoms with Crippen molar-refractivity contribution in [2.75, 3.05) is 10.2 Å². The van der Waals surface area contributed by atoms with E-state index in [0.717, 1.165) is 28.1 Å². The summed E-state index contributed by atoms with van der Waals surface area (Å²) >= 11 is 12.1. The van der Waals surface area contributed by atoms with Crippen molar-refractivity contribution in [2.24, 2.45) is 5.92 Å². The molecule has 1 fully saturated rings. The SMILES string of the molecule is Cc1ccc(NC(=O)C2C3NC(=S)N(c4ccccc4)C2(C)Oc2ccc(Cl)cc23)c(C)c1. The fourth-order valence-electron chi connectivity index (χ4n) is 4.88. The van der Waals surface area contributed by atoms with E-state index >= 15 is 0 Å². The Hall–Kier alpha value is -3.09. The number of hydrogen-bond acceptors (Lipinski definition) is 3. The highest BCUT2D eigenvalue weighted by atomic mass is 35.5. The molecule has 7 heteroatoms. The molecule has 0 radical (unpaired) electrons. The highest BCUT2D eigenvalue weighted by molar-refractivity contribution is 7.80. The summed E-state index contributed by atoms with van der Waals surface area (Å²) in [6, 6.07) is 20.8. The molecule has 0 spiro atoms. The zero-order chi connectivity index (χ0) is 23.3. The van der Waals surface area contributed by atoms with Crippen molar-refractivity contribution in [1.29, 1.82) is 0 Å². The summed E-state index contributed by atoms with van der Waals surface area (Å²) in [7, 11) is 0. The molecule has 1 amide bonds. The number of benzene rings is 3. The van der Waals surface area contributed by atoms with Crippen molar-refractivity contribution < 1.29 is 9.53 Å². The summed E-state index contributed by atoms with van der Waals surface area (Å²) in [5, 5.41) is 7.61. The van der Waals surface area contributed by atoms with Gasteiger partial charge in [-0.15, -0.1) is 0 Å². The first-order valence-electron chi connectivity index (χ1n) is 10.8. The average Bonchev–Trinajstić information content (AvgIpc) is 2.76. The number of halogens is 1. The van der Waals surface area contributed by atoms with Crippen LogP contribution in [0.3, 0.4) is 0 Å². The molecule has 0 aliphatic carbocycles. The lowest BCUT2D eigenvalue weighted by Crippen LogP contribution is -2.72. The van der Waals surface area contributed by atoms with Crippen molar-refractivity contribution in [3.8, 4) is 5.75 Å². The zero-order valence-electron chi connectivity index (χ0n) is 18.6. The second-order valence-electron chi connectivity index (χ2n) is 8.72. The Kier molecular flexibility index (Phi) is 5.30. The molecule has 168 valence electrons. The number of aryl methyl sites for hydroxylation is 2. The predicted molar refractivity (Wildman–Crippen MR) is 136 cm³/mol. The highest BCUT2D eigenvalue weighted by Gasteiger charge is 2.59. The van der Waals surface area contributed by atoms with Crippen LogP contribution in [0.4, 0.5) is 11.4 Å². The van der Waals surface area contributed by atoms with E-state index in [9.17, 15) is 4.79 Å². The van der Waals surface area contributed by atoms with Crippen LogP contribution in [0.15, 0.2) is 66.7 Å². The molecule has 2 heterocycles. The third kappa shape index (κ3) is 3.63. The lowest BCUT2D eigenvalue weighted by molar-refractivity contribution is -0.130. The van der Waals surface area contributed by atoms with Crippen molar-refractivity contribution in [3.63, 3.8) is 0 Å². The number of carbonyl (C=O) groups is 1. The summed E-state index contributed by atoms with van der Waals surface area (Å²) in [5.74, 6) is -0.0921. The summed E-state index contributed by atoms with van der Waals surface area (Å²) in [5.41, 5.74) is 3.52. The van der Waals surface area contributed by atoms with Crippen molar-refractivity contribution in [1.82, 2.24) is 5.32 Å². The van der Waals surface area contributed by atoms with Crippen molar-refractivity contribution in [2.45, 2.75) is 32.5 Å². The Bertz CT molecular complexity index is 1270. The maximum absolute atomic E-state index is 13.9. The molecule has 3 aromatic carbocycles. The molecule has 2 aliphatic heterocycles. The largest absolute Gasteiger partial charge is 0.467 e. The number of rotatable bonds is 3. The first-order valence-corrected chi connectivity index (χ1v) is 11.6. The number of fused-ring (bicyclic) bond motifs is 4. The molecular formula is C26H24ClN3O2S. The van der Waals surface area contributed by atoms with Gasteiger partial charge in [0.1, 0.15) is 11.7 Å². The van der Waals surface area contributed by atoms with E-state index in [1.165, 1.54) is 0 Å². The molecule has 3 atom stereocenters. The topological polar surface area (TPSA) is 53.6 Å². The third-order valence-electron chi connectivity index (χ3n) is 6.40. The van der Waals surface area contributed by atoms with Crippen molar-refractivity contribution >= 4 is 46.2 Å². The molecule has 33 heavy (non-hydrogen) atoms. The van der Waals surface area contributed by atoms with Gasteiger partial charge in [0.2, 0.25) is 5.91 Å². The van der Waals surface area contributed by atoms with Gasteiger partial charge in [-0.05, 0) is 75.0 Å². The van der Waals surface area contributed by atoms with E-state index in [-0.39, 0.29) is 5.91 Å². The predicted octanol–water partition coefficient (Wildman–Crippen LogP) is 5.76. The van der Waals surface area contributed by atoms with E-state index in [4.69, 9.17) is 28.6 Å². The van der Waals surface area contributed by atoms with Crippen LogP contribution in [0.1, 0.15) is 29.7 Å². The summed E-state index contributed by atoms with van der Waals surface area (Å²) in [6.45, 7) is 5.94. The lowest BCUT2D eigenvalue weighted by Gasteiger charge is -2.56. The third-order valence-corrected chi connectivity index (χ3v) is 6.93. The quantitative estimate of drug-likeness (QED) is 0.470. The standard InChI is InChI=1S/C26H24ClN3O2S/c1-15-9-11-20(16(2)13-15)28-24(31)22-23-19-14-17(27)10-12-21(19)32-26(22,3)30(25(33)29-23)18-7-5-4-6-8-18/h4-14,22-23H,1-3H3,(H,28,31)(H,29,33). The number of nitrogens with one attached hydrogen (secondary N) is 2. The average molecular weight is 478 g/mol. The van der Waals surface area contributed by atoms with Gasteiger partial charge in [-0.2, -0.15) is 0 Å². The Morgan fingerprint density at radius 3 is 2.61 bits per heavy atom. The van der Waals surface area contributed by atoms with Gasteiger partial charge < -0.3 is 15.4 Å². The smallest absolute Gasteiger partial charge is 0.236 e. The zero-order valence-corrected chi connectivity index (χ0v) is 20.1. The molecule has 3 unspecified atom stereocenters. The van der Waals surface area contributed by atoms with E-state index in [2.05, 4.69) is 10.6 Å². The van der Waals surface area contributed by atoms with Crippen LogP contribution in [0, 0.1) is 19.8 Å². The van der Waals surface area contributed by atoms with Crippen LogP contribution >= 0.6 is 23.8 Å². The summed E-state index contributed by atoms with van der Waals surface area (Å²) in [6.07, 6.45) is 0. The molecule has 0 saturated carbocycles. The molecule has 5 rings (SSSR count). The van der Waals surface area contributed by atoms with Gasteiger partial charge in [-0.25, -0.2) is 0 Å². The Balaban J connectivity index is 1.63. The Labute approximate surface area is 203 Å². The molecule has 5 nitrogen and oxygen atoms in total. The highest BCUT2D eigenvalue weighted by Crippen LogP contribution is 2.50. The second-order valence-corrected chi connectivity index (χ2v) is 9.55. The number of carbonyl (C=O) groups excluding carboxylic acids is 1. The fourth-order valence-corrected chi connectivity index (χ4v) is 5.48. The van der Waals surface area contributed by atoms with Crippen molar-refractivity contribution in [3.05, 3.63) is 88.4 Å². The Morgan fingerprint density at radius 1 is 1.12 bits per heavy atom. The van der Waals surface area contributed by atoms with Crippen LogP contribution in [-0.4, -0.2) is 16.7 Å². The van der Waals surface area contributed by atoms with Gasteiger partial charge >= 0.3 is 0 Å². The van der Waals surface area contributed by atoms with E-state index in [1.807, 2.05) is 86.3 Å². The second kappa shape index (κ2) is 8.04. The van der Waals surface area contributed by atoms with Gasteiger partial charge in [0.25, 0.3) is 0 Å². The van der Waals surface area contributed by atoms with Gasteiger partial charge in [0.05, 0.1) is 6.04 Å². The molecule has 2 N–H and O–H groups in total. The van der Waals surface area contributed by atoms with Crippen LogP contribution in [0.2, 0.25) is 5.02 Å². The van der Waals surface area contributed by atoms with Crippen LogP contribution in [-0.2, 0) is 4.79 Å². The maximum Gasteiger partial charge on any atom is 0.236 e. The minimum Gasteiger partial charge on any atom is -0.467 e. The van der Waals surface area contributed by atoms with Gasteiger partial charge in [0, 0.05) is 22.0 Å². The van der Waals surface area contributed by atoms with E-state index < -0.39 is 17.7 Å². The number of thiocarbonyl (C=S) groups is 1. The lowest BCUT2D eigenvalue weighted by atomic mass is 9.78. The first kappa shape index (κ1) is 21.7. The van der Waals surface area contributed by atoms with E-state index in [1.54, 1.807) is 6.07 Å². The van der Waals surface area contributed by atoms with Crippen LogP contribution in [0.25, 0.3) is 0 Å². The monoisotopic (exact) mass is 477 g/mol. The fraction of sp³-hybridized carbons (Fsp3) is 0.231. The molecule has 2 bridgehead atoms. The molecular weight excluding hydrogens is 454 g/mol. The number of amides is 1. The van der Waals surface area contributed by atoms with Gasteiger partial charge in [0.15, 0.2) is 10.8 Å². The number of nitrogens with zero attached hydrogens (tertiary/aromatic N) is 1. The number of para-hydroxylation sites is 1. The van der Waals surface area contributed by atoms with Crippen LogP contribution < -0.4 is 20.3 Å². The molecule has 2 aliphatic rings. The minimum absolute atomic E-state index is 0.156. The molecule has 1 saturated heterocycles. The summed E-state index contributed by atoms with van der Waals surface area (Å²) in [4.78, 5) is 15.8. The number of ether oxygens (including phenoxy) is 1. The number of anilines is 2. The van der Waals surface area contributed by atoms with E-state index in [0.29, 0.717) is 15.9 Å². The maximum atomic E-state index is 13.9. The Morgan fingerprint density at radius 2 is 1.88 bits per heavy atom. The van der Waals surface area contributed by atoms with Gasteiger partial charge in [-0.1, -0.05) is 47.5 Å². The number of hydrogen-bond donors (Lipinski definition) is 2. The normalized spacial score (nSPS) is 23.3. The molecule has 0 aromatic heterocycles. The minimum atomic E-state index is -1.06. The molecule has 3 aromatic rings.